The summed E-state index contributed by atoms with van der Waals surface area (Å²) in [6, 6.07) is 2.92. The van der Waals surface area contributed by atoms with Crippen LogP contribution >= 0.6 is 0 Å². The maximum atomic E-state index is 5.78. The molecule has 1 fully saturated rings. The van der Waals surface area contributed by atoms with E-state index in [2.05, 4.69) is 36.6 Å². The smallest absolute Gasteiger partial charge is 0.0640 e. The lowest BCUT2D eigenvalue weighted by atomic mass is 9.89. The van der Waals surface area contributed by atoms with Gasteiger partial charge in [0.2, 0.25) is 0 Å². The molecule has 0 amide bonds. The predicted octanol–water partition coefficient (Wildman–Crippen LogP) is 2.81. The van der Waals surface area contributed by atoms with Gasteiger partial charge in [0.1, 0.15) is 0 Å². The minimum Gasteiger partial charge on any atom is -0.271 e. The summed E-state index contributed by atoms with van der Waals surface area (Å²) in [5.41, 5.74) is 4.19. The molecule has 0 spiro atoms. The van der Waals surface area contributed by atoms with E-state index in [1.54, 1.807) is 0 Å². The highest BCUT2D eigenvalue weighted by Gasteiger charge is 2.22. The SMILES string of the molecule is CC(C)n1ccc(CC(NN)C2CCCCCC2)n1. The summed E-state index contributed by atoms with van der Waals surface area (Å²) in [7, 11) is 0. The Morgan fingerprint density at radius 3 is 2.53 bits per heavy atom. The van der Waals surface area contributed by atoms with Crippen LogP contribution in [0.2, 0.25) is 0 Å². The van der Waals surface area contributed by atoms with E-state index in [1.165, 1.54) is 38.5 Å². The molecule has 19 heavy (non-hydrogen) atoms. The molecule has 2 rings (SSSR count). The van der Waals surface area contributed by atoms with Gasteiger partial charge in [-0.1, -0.05) is 25.7 Å². The molecule has 1 unspecified atom stereocenters. The van der Waals surface area contributed by atoms with Crippen LogP contribution in [0.1, 0.15) is 64.1 Å². The van der Waals surface area contributed by atoms with Crippen LogP contribution < -0.4 is 11.3 Å². The fraction of sp³-hybridized carbons (Fsp3) is 0.800. The second-order valence-corrected chi connectivity index (χ2v) is 6.11. The summed E-state index contributed by atoms with van der Waals surface area (Å²) in [6.07, 6.45) is 11.1. The Labute approximate surface area is 116 Å². The largest absolute Gasteiger partial charge is 0.271 e. The molecule has 0 aromatic carbocycles. The highest BCUT2D eigenvalue weighted by atomic mass is 15.3. The van der Waals surface area contributed by atoms with Gasteiger partial charge in [-0.25, -0.2) is 0 Å². The third-order valence-electron chi connectivity index (χ3n) is 4.30. The lowest BCUT2D eigenvalue weighted by Crippen LogP contribution is -2.42. The molecule has 0 saturated heterocycles. The number of hydrogen-bond acceptors (Lipinski definition) is 3. The van der Waals surface area contributed by atoms with Crippen LogP contribution in [0.5, 0.6) is 0 Å². The van der Waals surface area contributed by atoms with Gasteiger partial charge in [-0.2, -0.15) is 5.10 Å². The molecule has 1 aromatic rings. The van der Waals surface area contributed by atoms with E-state index in [1.807, 2.05) is 4.68 Å². The van der Waals surface area contributed by atoms with Gasteiger partial charge in [0.15, 0.2) is 0 Å². The van der Waals surface area contributed by atoms with Crippen molar-refractivity contribution >= 4 is 0 Å². The number of aromatic nitrogens is 2. The van der Waals surface area contributed by atoms with Gasteiger partial charge in [0.05, 0.1) is 5.69 Å². The Bertz CT molecular complexity index is 364. The third kappa shape index (κ3) is 4.05. The van der Waals surface area contributed by atoms with Gasteiger partial charge in [0, 0.05) is 24.7 Å². The van der Waals surface area contributed by atoms with E-state index < -0.39 is 0 Å². The number of hydrazine groups is 1. The molecule has 4 nitrogen and oxygen atoms in total. The minimum atomic E-state index is 0.369. The number of nitrogens with two attached hydrogens (primary N) is 1. The standard InChI is InChI=1S/C15H28N4/c1-12(2)19-10-9-14(18-19)11-15(17-16)13-7-5-3-4-6-8-13/h9-10,12-13,15,17H,3-8,11,16H2,1-2H3. The number of rotatable bonds is 5. The first-order valence-corrected chi connectivity index (χ1v) is 7.71. The second kappa shape index (κ2) is 7.06. The van der Waals surface area contributed by atoms with Crippen molar-refractivity contribution in [2.75, 3.05) is 0 Å². The molecule has 0 aliphatic heterocycles. The molecule has 1 aliphatic rings. The van der Waals surface area contributed by atoms with Crippen LogP contribution in [-0.2, 0) is 6.42 Å². The van der Waals surface area contributed by atoms with Crippen LogP contribution in [0.15, 0.2) is 12.3 Å². The molecular formula is C15H28N4. The van der Waals surface area contributed by atoms with Crippen molar-refractivity contribution in [2.45, 2.75) is 70.9 Å². The first-order chi connectivity index (χ1) is 9.20. The monoisotopic (exact) mass is 264 g/mol. The summed E-state index contributed by atoms with van der Waals surface area (Å²) in [4.78, 5) is 0. The summed E-state index contributed by atoms with van der Waals surface area (Å²) in [5.74, 6) is 6.49. The van der Waals surface area contributed by atoms with Gasteiger partial charge >= 0.3 is 0 Å². The van der Waals surface area contributed by atoms with Gasteiger partial charge in [-0.05, 0) is 38.7 Å². The summed E-state index contributed by atoms with van der Waals surface area (Å²) in [6.45, 7) is 4.31. The average Bonchev–Trinajstić information content (AvgIpc) is 2.70. The molecule has 1 heterocycles. The molecule has 1 aromatic heterocycles. The van der Waals surface area contributed by atoms with Crippen molar-refractivity contribution in [3.05, 3.63) is 18.0 Å². The third-order valence-corrected chi connectivity index (χ3v) is 4.30. The fourth-order valence-electron chi connectivity index (χ4n) is 3.07. The van der Waals surface area contributed by atoms with Crippen molar-refractivity contribution in [2.24, 2.45) is 11.8 Å². The molecule has 1 saturated carbocycles. The van der Waals surface area contributed by atoms with Crippen LogP contribution in [0.25, 0.3) is 0 Å². The number of nitrogens with zero attached hydrogens (tertiary/aromatic N) is 2. The predicted molar refractivity (Wildman–Crippen MR) is 78.6 cm³/mol. The maximum Gasteiger partial charge on any atom is 0.0640 e. The van der Waals surface area contributed by atoms with E-state index in [0.717, 1.165) is 12.1 Å². The Balaban J connectivity index is 1.96. The molecule has 0 radical (unpaired) electrons. The molecule has 108 valence electrons. The van der Waals surface area contributed by atoms with Crippen molar-refractivity contribution in [3.63, 3.8) is 0 Å². The van der Waals surface area contributed by atoms with Gasteiger partial charge in [-0.15, -0.1) is 0 Å². The van der Waals surface area contributed by atoms with E-state index in [0.29, 0.717) is 18.0 Å². The van der Waals surface area contributed by atoms with Gasteiger partial charge in [0.25, 0.3) is 0 Å². The quantitative estimate of drug-likeness (QED) is 0.488. The van der Waals surface area contributed by atoms with Gasteiger partial charge < -0.3 is 0 Å². The highest BCUT2D eigenvalue weighted by molar-refractivity contribution is 5.03. The Hall–Kier alpha value is -0.870. The van der Waals surface area contributed by atoms with Crippen LogP contribution in [-0.4, -0.2) is 15.8 Å². The molecule has 1 aliphatic carbocycles. The van der Waals surface area contributed by atoms with Crippen LogP contribution in [0.4, 0.5) is 0 Å². The fourth-order valence-corrected chi connectivity index (χ4v) is 3.07. The Morgan fingerprint density at radius 2 is 2.00 bits per heavy atom. The molecular weight excluding hydrogens is 236 g/mol. The van der Waals surface area contributed by atoms with Crippen LogP contribution in [0.3, 0.4) is 0 Å². The average molecular weight is 264 g/mol. The zero-order valence-corrected chi connectivity index (χ0v) is 12.3. The normalized spacial score (nSPS) is 19.6. The first kappa shape index (κ1) is 14.5. The van der Waals surface area contributed by atoms with E-state index >= 15 is 0 Å². The van der Waals surface area contributed by atoms with Crippen LogP contribution in [0, 0.1) is 5.92 Å². The Kier molecular flexibility index (Phi) is 5.40. The Morgan fingerprint density at radius 1 is 1.32 bits per heavy atom. The lowest BCUT2D eigenvalue weighted by Gasteiger charge is -2.24. The summed E-state index contributed by atoms with van der Waals surface area (Å²) < 4.78 is 2.02. The first-order valence-electron chi connectivity index (χ1n) is 7.71. The van der Waals surface area contributed by atoms with Gasteiger partial charge in [-0.3, -0.25) is 16.0 Å². The molecule has 3 N–H and O–H groups in total. The number of nitrogens with one attached hydrogen (secondary N) is 1. The maximum absolute atomic E-state index is 5.78. The molecule has 0 bridgehead atoms. The van der Waals surface area contributed by atoms with E-state index in [4.69, 9.17) is 5.84 Å². The zero-order chi connectivity index (χ0) is 13.7. The van der Waals surface area contributed by atoms with Crippen molar-refractivity contribution in [1.82, 2.24) is 15.2 Å². The van der Waals surface area contributed by atoms with E-state index in [-0.39, 0.29) is 0 Å². The summed E-state index contributed by atoms with van der Waals surface area (Å²) >= 11 is 0. The zero-order valence-electron chi connectivity index (χ0n) is 12.3. The van der Waals surface area contributed by atoms with E-state index in [9.17, 15) is 0 Å². The van der Waals surface area contributed by atoms with Crippen molar-refractivity contribution in [3.8, 4) is 0 Å². The minimum absolute atomic E-state index is 0.369. The summed E-state index contributed by atoms with van der Waals surface area (Å²) in [5, 5.41) is 4.64. The topological polar surface area (TPSA) is 55.9 Å². The lowest BCUT2D eigenvalue weighted by molar-refractivity contribution is 0.317. The van der Waals surface area contributed by atoms with Crippen molar-refractivity contribution < 1.29 is 0 Å². The molecule has 1 atom stereocenters. The molecule has 4 heteroatoms. The highest BCUT2D eigenvalue weighted by Crippen LogP contribution is 2.26. The number of hydrogen-bond donors (Lipinski definition) is 2. The second-order valence-electron chi connectivity index (χ2n) is 6.11. The van der Waals surface area contributed by atoms with Crippen molar-refractivity contribution in [1.29, 1.82) is 0 Å².